The molecule has 2 N–H and O–H groups in total. The van der Waals surface area contributed by atoms with E-state index in [9.17, 15) is 0 Å². The Balaban J connectivity index is 2.09. The monoisotopic (exact) mass is 261 g/mol. The summed E-state index contributed by atoms with van der Waals surface area (Å²) in [7, 11) is 2.22. The predicted molar refractivity (Wildman–Crippen MR) is 82.6 cm³/mol. The summed E-state index contributed by atoms with van der Waals surface area (Å²) in [6.07, 6.45) is 2.50. The molecule has 19 heavy (non-hydrogen) atoms. The molecule has 3 nitrogen and oxygen atoms in total. The van der Waals surface area contributed by atoms with Gasteiger partial charge in [-0.05, 0) is 37.9 Å². The molecule has 0 spiro atoms. The van der Waals surface area contributed by atoms with Gasteiger partial charge in [0.25, 0.3) is 0 Å². The molecule has 0 amide bonds. The van der Waals surface area contributed by atoms with E-state index in [2.05, 4.69) is 48.9 Å². The van der Waals surface area contributed by atoms with Gasteiger partial charge in [-0.25, -0.2) is 0 Å². The lowest BCUT2D eigenvalue weighted by Gasteiger charge is -2.38. The largest absolute Gasteiger partial charge is 0.371 e. The second-order valence-electron chi connectivity index (χ2n) is 5.61. The molecule has 0 aliphatic carbocycles. The highest BCUT2D eigenvalue weighted by Gasteiger charge is 2.22. The number of likely N-dealkylation sites (tertiary alicyclic amines) is 1. The lowest BCUT2D eigenvalue weighted by molar-refractivity contribution is 0.221. The van der Waals surface area contributed by atoms with E-state index in [1.807, 2.05) is 0 Å². The quantitative estimate of drug-likeness (QED) is 0.903. The van der Waals surface area contributed by atoms with Gasteiger partial charge in [-0.1, -0.05) is 24.6 Å². The Kier molecular flexibility index (Phi) is 4.83. The summed E-state index contributed by atoms with van der Waals surface area (Å²) in [4.78, 5) is 4.97. The summed E-state index contributed by atoms with van der Waals surface area (Å²) < 4.78 is 0. The van der Waals surface area contributed by atoms with Crippen molar-refractivity contribution in [1.82, 2.24) is 4.90 Å². The molecule has 1 saturated heterocycles. The van der Waals surface area contributed by atoms with E-state index < -0.39 is 0 Å². The van der Waals surface area contributed by atoms with Crippen LogP contribution >= 0.6 is 0 Å². The first-order chi connectivity index (χ1) is 9.15. The van der Waals surface area contributed by atoms with Crippen molar-refractivity contribution in [2.24, 2.45) is 5.73 Å². The van der Waals surface area contributed by atoms with Crippen molar-refractivity contribution in [3.8, 4) is 0 Å². The second-order valence-corrected chi connectivity index (χ2v) is 5.61. The summed E-state index contributed by atoms with van der Waals surface area (Å²) in [6, 6.07) is 7.28. The van der Waals surface area contributed by atoms with Crippen LogP contribution in [0.25, 0.3) is 0 Å². The minimum atomic E-state index is 0.620. The van der Waals surface area contributed by atoms with Crippen LogP contribution in [0.3, 0.4) is 0 Å². The molecule has 2 rings (SSSR count). The Morgan fingerprint density at radius 3 is 2.58 bits per heavy atom. The van der Waals surface area contributed by atoms with E-state index in [1.54, 1.807) is 0 Å². The van der Waals surface area contributed by atoms with Crippen LogP contribution in [0.4, 0.5) is 5.69 Å². The normalized spacial score (nSPS) is 17.7. The summed E-state index contributed by atoms with van der Waals surface area (Å²) in [6.45, 7) is 8.61. The van der Waals surface area contributed by atoms with Crippen molar-refractivity contribution in [1.29, 1.82) is 0 Å². The van der Waals surface area contributed by atoms with E-state index in [1.165, 1.54) is 49.3 Å². The summed E-state index contributed by atoms with van der Waals surface area (Å²) in [5.74, 6) is 0. The Hall–Kier alpha value is -1.06. The number of nitrogens with two attached hydrogens (primary N) is 1. The highest BCUT2D eigenvalue weighted by molar-refractivity contribution is 5.55. The summed E-state index contributed by atoms with van der Waals surface area (Å²) in [5, 5.41) is 0. The maximum atomic E-state index is 5.90. The number of hydrogen-bond donors (Lipinski definition) is 1. The van der Waals surface area contributed by atoms with Crippen molar-refractivity contribution in [2.45, 2.75) is 39.3 Å². The molecular formula is C16H27N3. The number of nitrogens with zero attached hydrogens (tertiary/aromatic N) is 2. The van der Waals surface area contributed by atoms with Crippen molar-refractivity contribution in [3.63, 3.8) is 0 Å². The molecule has 0 unspecified atom stereocenters. The Labute approximate surface area is 117 Å². The minimum absolute atomic E-state index is 0.620. The molecule has 1 fully saturated rings. The third-order valence-electron chi connectivity index (χ3n) is 4.39. The molecule has 106 valence electrons. The molecule has 1 aliphatic rings. The molecule has 0 atom stereocenters. The van der Waals surface area contributed by atoms with E-state index in [4.69, 9.17) is 5.73 Å². The molecule has 1 aliphatic heterocycles. The van der Waals surface area contributed by atoms with Crippen LogP contribution in [0, 0.1) is 6.92 Å². The van der Waals surface area contributed by atoms with E-state index >= 15 is 0 Å². The van der Waals surface area contributed by atoms with Crippen LogP contribution in [0.1, 0.15) is 30.9 Å². The molecule has 0 saturated carbocycles. The SMILES string of the molecule is CCN1CCC(N(C)c2ccc(C)cc2CN)CC1. The smallest absolute Gasteiger partial charge is 0.0411 e. The van der Waals surface area contributed by atoms with Gasteiger partial charge in [-0.15, -0.1) is 0 Å². The molecule has 1 aromatic rings. The van der Waals surface area contributed by atoms with Gasteiger partial charge in [0.15, 0.2) is 0 Å². The lowest BCUT2D eigenvalue weighted by Crippen LogP contribution is -2.43. The van der Waals surface area contributed by atoms with Gasteiger partial charge in [0.1, 0.15) is 0 Å². The van der Waals surface area contributed by atoms with Crippen LogP contribution in [0.15, 0.2) is 18.2 Å². The molecule has 3 heteroatoms. The first-order valence-corrected chi connectivity index (χ1v) is 7.40. The standard InChI is InChI=1S/C16H27N3/c1-4-19-9-7-15(8-10-19)18(3)16-6-5-13(2)11-14(16)12-17/h5-6,11,15H,4,7-10,12,17H2,1-3H3. The molecule has 0 radical (unpaired) electrons. The summed E-state index contributed by atoms with van der Waals surface area (Å²) >= 11 is 0. The number of benzene rings is 1. The Bertz CT molecular complexity index is 408. The fourth-order valence-corrected chi connectivity index (χ4v) is 3.04. The van der Waals surface area contributed by atoms with Crippen LogP contribution in [-0.2, 0) is 6.54 Å². The molecular weight excluding hydrogens is 234 g/mol. The number of rotatable bonds is 4. The maximum Gasteiger partial charge on any atom is 0.0411 e. The van der Waals surface area contributed by atoms with Crippen LogP contribution in [0.2, 0.25) is 0 Å². The average molecular weight is 261 g/mol. The zero-order valence-electron chi connectivity index (χ0n) is 12.5. The van der Waals surface area contributed by atoms with E-state index in [-0.39, 0.29) is 0 Å². The zero-order chi connectivity index (χ0) is 13.8. The van der Waals surface area contributed by atoms with Crippen LogP contribution in [-0.4, -0.2) is 37.6 Å². The number of aryl methyl sites for hydroxylation is 1. The third-order valence-corrected chi connectivity index (χ3v) is 4.39. The molecule has 1 heterocycles. The molecule has 0 aromatic heterocycles. The lowest BCUT2D eigenvalue weighted by atomic mass is 10.0. The first-order valence-electron chi connectivity index (χ1n) is 7.40. The van der Waals surface area contributed by atoms with Gasteiger partial charge in [0.2, 0.25) is 0 Å². The zero-order valence-corrected chi connectivity index (χ0v) is 12.5. The van der Waals surface area contributed by atoms with Gasteiger partial charge >= 0.3 is 0 Å². The van der Waals surface area contributed by atoms with Crippen molar-refractivity contribution in [3.05, 3.63) is 29.3 Å². The fourth-order valence-electron chi connectivity index (χ4n) is 3.04. The van der Waals surface area contributed by atoms with E-state index in [0.29, 0.717) is 12.6 Å². The number of anilines is 1. The van der Waals surface area contributed by atoms with Crippen LogP contribution in [0.5, 0.6) is 0 Å². The first kappa shape index (κ1) is 14.4. The highest BCUT2D eigenvalue weighted by Crippen LogP contribution is 2.26. The van der Waals surface area contributed by atoms with Crippen LogP contribution < -0.4 is 10.6 Å². The van der Waals surface area contributed by atoms with Gasteiger partial charge < -0.3 is 15.5 Å². The number of hydrogen-bond acceptors (Lipinski definition) is 3. The van der Waals surface area contributed by atoms with Gasteiger partial charge in [-0.3, -0.25) is 0 Å². The topological polar surface area (TPSA) is 32.5 Å². The highest BCUT2D eigenvalue weighted by atomic mass is 15.2. The van der Waals surface area contributed by atoms with Gasteiger partial charge in [0.05, 0.1) is 0 Å². The maximum absolute atomic E-state index is 5.90. The minimum Gasteiger partial charge on any atom is -0.371 e. The van der Waals surface area contributed by atoms with E-state index in [0.717, 1.165) is 0 Å². The number of piperidine rings is 1. The van der Waals surface area contributed by atoms with Crippen molar-refractivity contribution in [2.75, 3.05) is 31.6 Å². The second kappa shape index (κ2) is 6.40. The van der Waals surface area contributed by atoms with Gasteiger partial charge in [0, 0.05) is 38.4 Å². The average Bonchev–Trinajstić information content (AvgIpc) is 2.46. The molecule has 0 bridgehead atoms. The Morgan fingerprint density at radius 1 is 1.32 bits per heavy atom. The summed E-state index contributed by atoms with van der Waals surface area (Å²) in [5.41, 5.74) is 9.76. The van der Waals surface area contributed by atoms with Crippen molar-refractivity contribution >= 4 is 5.69 Å². The molecule has 1 aromatic carbocycles. The Morgan fingerprint density at radius 2 is 2.00 bits per heavy atom. The van der Waals surface area contributed by atoms with Crippen molar-refractivity contribution < 1.29 is 0 Å². The third kappa shape index (κ3) is 3.28. The fraction of sp³-hybridized carbons (Fsp3) is 0.625. The van der Waals surface area contributed by atoms with Gasteiger partial charge in [-0.2, -0.15) is 0 Å². The predicted octanol–water partition coefficient (Wildman–Crippen LogP) is 2.37.